The predicted octanol–water partition coefficient (Wildman–Crippen LogP) is 5.17. The third-order valence-electron chi connectivity index (χ3n) is 5.10. The second-order valence-corrected chi connectivity index (χ2v) is 8.10. The topological polar surface area (TPSA) is 83.0 Å². The Morgan fingerprint density at radius 3 is 2.50 bits per heavy atom. The fourth-order valence-electron chi connectivity index (χ4n) is 3.45. The first-order valence-corrected chi connectivity index (χ1v) is 10.5. The maximum Gasteiger partial charge on any atom is 0.154 e. The molecule has 2 aromatic carbocycles. The highest BCUT2D eigenvalue weighted by molar-refractivity contribution is 6.31. The highest BCUT2D eigenvalue weighted by Gasteiger charge is 2.12. The number of carbonyl (C=O) groups is 1. The second kappa shape index (κ2) is 9.24. The summed E-state index contributed by atoms with van der Waals surface area (Å²) in [7, 11) is 1.84. The summed E-state index contributed by atoms with van der Waals surface area (Å²) in [4.78, 5) is 16.8. The van der Waals surface area contributed by atoms with Crippen LogP contribution in [0.3, 0.4) is 0 Å². The van der Waals surface area contributed by atoms with Gasteiger partial charge in [0.15, 0.2) is 5.75 Å². The van der Waals surface area contributed by atoms with Crippen molar-refractivity contribution in [2.45, 2.75) is 19.8 Å². The van der Waals surface area contributed by atoms with Gasteiger partial charge < -0.3 is 10.5 Å². The van der Waals surface area contributed by atoms with Crippen LogP contribution in [0.25, 0.3) is 11.3 Å². The van der Waals surface area contributed by atoms with Gasteiger partial charge in [0.25, 0.3) is 0 Å². The molecule has 0 fully saturated rings. The summed E-state index contributed by atoms with van der Waals surface area (Å²) in [5.41, 5.74) is 11.0. The zero-order valence-corrected chi connectivity index (χ0v) is 18.6. The zero-order chi connectivity index (χ0) is 22.7. The van der Waals surface area contributed by atoms with E-state index >= 15 is 0 Å². The van der Waals surface area contributed by atoms with E-state index in [9.17, 15) is 4.79 Å². The molecular weight excluding hydrogens is 424 g/mol. The van der Waals surface area contributed by atoms with E-state index < -0.39 is 0 Å². The van der Waals surface area contributed by atoms with E-state index in [1.165, 1.54) is 0 Å². The molecule has 0 unspecified atom stereocenters. The van der Waals surface area contributed by atoms with E-state index in [0.29, 0.717) is 40.7 Å². The van der Waals surface area contributed by atoms with Crippen molar-refractivity contribution in [1.29, 1.82) is 0 Å². The molecule has 0 radical (unpaired) electrons. The lowest BCUT2D eigenvalue weighted by molar-refractivity contribution is -0.117. The molecule has 0 amide bonds. The van der Waals surface area contributed by atoms with Crippen molar-refractivity contribution in [3.05, 3.63) is 88.8 Å². The van der Waals surface area contributed by atoms with Crippen LogP contribution in [0.1, 0.15) is 16.7 Å². The van der Waals surface area contributed by atoms with E-state index in [1.807, 2.05) is 62.6 Å². The molecule has 0 bridgehead atoms. The molecule has 4 aromatic rings. The van der Waals surface area contributed by atoms with Crippen molar-refractivity contribution in [2.24, 2.45) is 7.05 Å². The van der Waals surface area contributed by atoms with Gasteiger partial charge in [-0.1, -0.05) is 35.9 Å². The number of nitrogen functional groups attached to an aromatic ring is 1. The molecule has 2 heterocycles. The molecule has 0 aliphatic carbocycles. The molecule has 2 aromatic heterocycles. The molecule has 7 heteroatoms. The maximum atomic E-state index is 12.5. The number of rotatable bonds is 7. The average Bonchev–Trinajstić information content (AvgIpc) is 3.19. The van der Waals surface area contributed by atoms with Gasteiger partial charge in [0.05, 0.1) is 6.20 Å². The lowest BCUT2D eigenvalue weighted by atomic mass is 10.0. The predicted molar refractivity (Wildman–Crippen MR) is 126 cm³/mol. The Morgan fingerprint density at radius 2 is 1.81 bits per heavy atom. The molecule has 0 atom stereocenters. The summed E-state index contributed by atoms with van der Waals surface area (Å²) >= 11 is 6.06. The Morgan fingerprint density at radius 1 is 1.09 bits per heavy atom. The summed E-state index contributed by atoms with van der Waals surface area (Å²) in [6.45, 7) is 1.93. The molecule has 4 rings (SSSR count). The van der Waals surface area contributed by atoms with Gasteiger partial charge in [-0.15, -0.1) is 0 Å². The van der Waals surface area contributed by atoms with Gasteiger partial charge in [-0.3, -0.25) is 14.5 Å². The lowest BCUT2D eigenvalue weighted by Gasteiger charge is -2.11. The normalized spacial score (nSPS) is 10.8. The van der Waals surface area contributed by atoms with Crippen LogP contribution in [0.5, 0.6) is 11.5 Å². The number of anilines is 1. The summed E-state index contributed by atoms with van der Waals surface area (Å²) in [5.74, 6) is 1.28. The Balaban J connectivity index is 1.42. The minimum Gasteiger partial charge on any atom is -0.455 e. The molecule has 162 valence electrons. The number of benzene rings is 2. The van der Waals surface area contributed by atoms with Crippen molar-refractivity contribution in [1.82, 2.24) is 14.8 Å². The number of aromatic nitrogens is 3. The van der Waals surface area contributed by atoms with Crippen LogP contribution in [0, 0.1) is 6.92 Å². The van der Waals surface area contributed by atoms with E-state index in [1.54, 1.807) is 23.1 Å². The second-order valence-electron chi connectivity index (χ2n) is 7.70. The number of hydrogen-bond acceptors (Lipinski definition) is 5. The average molecular weight is 447 g/mol. The number of ether oxygens (including phenoxy) is 1. The number of hydrogen-bond donors (Lipinski definition) is 1. The summed E-state index contributed by atoms with van der Waals surface area (Å²) < 4.78 is 7.66. The first-order valence-electron chi connectivity index (χ1n) is 10.2. The summed E-state index contributed by atoms with van der Waals surface area (Å²) in [5, 5.41) is 4.87. The largest absolute Gasteiger partial charge is 0.455 e. The molecule has 0 spiro atoms. The van der Waals surface area contributed by atoms with Gasteiger partial charge in [-0.25, -0.2) is 0 Å². The van der Waals surface area contributed by atoms with Gasteiger partial charge in [0.1, 0.15) is 22.9 Å². The van der Waals surface area contributed by atoms with Gasteiger partial charge in [0, 0.05) is 48.9 Å². The molecule has 0 aliphatic heterocycles. The number of carbonyl (C=O) groups excluding carboxylic acids is 1. The van der Waals surface area contributed by atoms with Crippen LogP contribution in [0.4, 0.5) is 5.69 Å². The highest BCUT2D eigenvalue weighted by Crippen LogP contribution is 2.34. The monoisotopic (exact) mass is 446 g/mol. The van der Waals surface area contributed by atoms with E-state index in [0.717, 1.165) is 22.3 Å². The number of Topliss-reactive ketones (excluding diaryl/α,β-unsaturated/α-hetero) is 1. The van der Waals surface area contributed by atoms with Gasteiger partial charge in [-0.05, 0) is 41.8 Å². The number of nitrogens with two attached hydrogens (primary N) is 1. The van der Waals surface area contributed by atoms with Gasteiger partial charge in [-0.2, -0.15) is 5.10 Å². The first kappa shape index (κ1) is 21.6. The standard InChI is InChI=1S/C25H23ClN4O2/c1-16-11-18(5-8-22(16)26)13-20(31)12-17-3-6-21(7-4-17)32-23-9-10-28-25(24(23)27)19-14-29-30(2)15-19/h3-11,14-15H,12-13,27H2,1-2H3. The Labute approximate surface area is 191 Å². The summed E-state index contributed by atoms with van der Waals surface area (Å²) in [6, 6.07) is 14.8. The van der Waals surface area contributed by atoms with Crippen molar-refractivity contribution >= 4 is 23.1 Å². The number of halogens is 1. The molecule has 0 saturated heterocycles. The Bertz CT molecular complexity index is 1270. The fourth-order valence-corrected chi connectivity index (χ4v) is 3.57. The summed E-state index contributed by atoms with van der Waals surface area (Å²) in [6.07, 6.45) is 5.93. The molecule has 0 aliphatic rings. The van der Waals surface area contributed by atoms with Crippen molar-refractivity contribution in [3.63, 3.8) is 0 Å². The van der Waals surface area contributed by atoms with E-state index in [2.05, 4.69) is 10.1 Å². The number of aryl methyl sites for hydroxylation is 2. The third-order valence-corrected chi connectivity index (χ3v) is 5.53. The van der Waals surface area contributed by atoms with Crippen molar-refractivity contribution in [2.75, 3.05) is 5.73 Å². The van der Waals surface area contributed by atoms with E-state index in [-0.39, 0.29) is 5.78 Å². The van der Waals surface area contributed by atoms with Crippen LogP contribution < -0.4 is 10.5 Å². The molecule has 6 nitrogen and oxygen atoms in total. The van der Waals surface area contributed by atoms with Crippen LogP contribution >= 0.6 is 11.6 Å². The Kier molecular flexibility index (Phi) is 6.23. The van der Waals surface area contributed by atoms with Crippen molar-refractivity contribution in [3.8, 4) is 22.8 Å². The van der Waals surface area contributed by atoms with Crippen LogP contribution in [0.15, 0.2) is 67.1 Å². The minimum atomic E-state index is 0.139. The fraction of sp³-hybridized carbons (Fsp3) is 0.160. The lowest BCUT2D eigenvalue weighted by Crippen LogP contribution is -2.06. The minimum absolute atomic E-state index is 0.139. The highest BCUT2D eigenvalue weighted by atomic mass is 35.5. The molecule has 32 heavy (non-hydrogen) atoms. The molecule has 0 saturated carbocycles. The third kappa shape index (κ3) is 4.98. The molecule has 2 N–H and O–H groups in total. The Hall–Kier alpha value is -3.64. The van der Waals surface area contributed by atoms with Gasteiger partial charge in [0.2, 0.25) is 0 Å². The molecular formula is C25H23ClN4O2. The SMILES string of the molecule is Cc1cc(CC(=O)Cc2ccc(Oc3ccnc(-c4cnn(C)c4)c3N)cc2)ccc1Cl. The first-order chi connectivity index (χ1) is 15.4. The van der Waals surface area contributed by atoms with Crippen LogP contribution in [-0.4, -0.2) is 20.5 Å². The van der Waals surface area contributed by atoms with E-state index in [4.69, 9.17) is 22.1 Å². The van der Waals surface area contributed by atoms with Crippen molar-refractivity contribution < 1.29 is 9.53 Å². The number of pyridine rings is 1. The number of ketones is 1. The zero-order valence-electron chi connectivity index (χ0n) is 17.9. The maximum absolute atomic E-state index is 12.5. The number of nitrogens with zero attached hydrogens (tertiary/aromatic N) is 3. The van der Waals surface area contributed by atoms with Gasteiger partial charge >= 0.3 is 0 Å². The quantitative estimate of drug-likeness (QED) is 0.423. The van der Waals surface area contributed by atoms with Crippen LogP contribution in [-0.2, 0) is 24.7 Å². The smallest absolute Gasteiger partial charge is 0.154 e. The van der Waals surface area contributed by atoms with Crippen LogP contribution in [0.2, 0.25) is 5.02 Å².